The third kappa shape index (κ3) is 4.24. The molecule has 0 atom stereocenters. The number of carbonyl (C=O) groups is 1. The van der Waals surface area contributed by atoms with Crippen LogP contribution in [0.1, 0.15) is 23.7 Å². The van der Waals surface area contributed by atoms with Gasteiger partial charge in [-0.25, -0.2) is 9.78 Å². The molecule has 0 aliphatic carbocycles. The average Bonchev–Trinajstić information content (AvgIpc) is 2.99. The first kappa shape index (κ1) is 14.9. The highest BCUT2D eigenvalue weighted by atomic mass is 16.5. The molecule has 0 saturated carbocycles. The fraction of sp³-hybridized carbons (Fsp3) is 0.333. The number of benzene rings is 1. The Labute approximate surface area is 123 Å². The van der Waals surface area contributed by atoms with Crippen molar-refractivity contribution in [3.63, 3.8) is 0 Å². The maximum Gasteiger partial charge on any atom is 0.338 e. The van der Waals surface area contributed by atoms with Gasteiger partial charge in [-0.2, -0.15) is 0 Å². The minimum atomic E-state index is -0.379. The summed E-state index contributed by atoms with van der Waals surface area (Å²) in [7, 11) is 0. The summed E-state index contributed by atoms with van der Waals surface area (Å²) >= 11 is 0. The van der Waals surface area contributed by atoms with Gasteiger partial charge in [-0.15, -0.1) is 0 Å². The number of nitrogens with two attached hydrogens (primary N) is 1. The van der Waals surface area contributed by atoms with E-state index in [4.69, 9.17) is 15.2 Å². The van der Waals surface area contributed by atoms with Crippen molar-refractivity contribution in [3.8, 4) is 5.75 Å². The quantitative estimate of drug-likeness (QED) is 0.480. The molecule has 0 spiro atoms. The van der Waals surface area contributed by atoms with Crippen LogP contribution in [0.5, 0.6) is 5.75 Å². The zero-order chi connectivity index (χ0) is 15.1. The van der Waals surface area contributed by atoms with Crippen molar-refractivity contribution < 1.29 is 14.3 Å². The van der Waals surface area contributed by atoms with Gasteiger partial charge in [-0.1, -0.05) is 0 Å². The van der Waals surface area contributed by atoms with E-state index >= 15 is 0 Å². The number of rotatable bonds is 7. The predicted molar refractivity (Wildman–Crippen MR) is 79.1 cm³/mol. The molecular formula is C15H19N3O3. The van der Waals surface area contributed by atoms with Crippen LogP contribution < -0.4 is 10.5 Å². The Balaban J connectivity index is 1.81. The number of ether oxygens (including phenoxy) is 2. The van der Waals surface area contributed by atoms with Crippen LogP contribution in [0.4, 0.5) is 5.69 Å². The standard InChI is InChI=1S/C15H19N3O3/c1-2-20-14-5-4-12(10-13(14)16)15(19)21-9-3-7-18-8-6-17-11-18/h4-6,8,10-11H,2-3,7,9,16H2,1H3. The molecule has 2 aromatic rings. The molecule has 2 rings (SSSR count). The molecule has 2 N–H and O–H groups in total. The third-order valence-electron chi connectivity index (χ3n) is 2.90. The van der Waals surface area contributed by atoms with E-state index in [1.807, 2.05) is 17.7 Å². The van der Waals surface area contributed by atoms with Crippen LogP contribution in [-0.4, -0.2) is 28.7 Å². The van der Waals surface area contributed by atoms with Gasteiger partial charge in [0.15, 0.2) is 0 Å². The number of nitrogen functional groups attached to an aromatic ring is 1. The van der Waals surface area contributed by atoms with Crippen molar-refractivity contribution in [1.29, 1.82) is 0 Å². The van der Waals surface area contributed by atoms with Crippen LogP contribution in [0.3, 0.4) is 0 Å². The second-order valence-electron chi connectivity index (χ2n) is 4.48. The summed E-state index contributed by atoms with van der Waals surface area (Å²) in [4.78, 5) is 15.8. The number of aromatic nitrogens is 2. The predicted octanol–water partition coefficient (Wildman–Crippen LogP) is 2.11. The maximum atomic E-state index is 11.9. The normalized spacial score (nSPS) is 10.3. The van der Waals surface area contributed by atoms with Gasteiger partial charge >= 0.3 is 5.97 Å². The van der Waals surface area contributed by atoms with Crippen LogP contribution in [0.2, 0.25) is 0 Å². The molecule has 1 aromatic heterocycles. The van der Waals surface area contributed by atoms with Gasteiger partial charge in [0.05, 0.1) is 30.8 Å². The monoisotopic (exact) mass is 289 g/mol. The Kier molecular flexibility index (Phi) is 5.20. The molecule has 0 radical (unpaired) electrons. The zero-order valence-electron chi connectivity index (χ0n) is 12.0. The summed E-state index contributed by atoms with van der Waals surface area (Å²) < 4.78 is 12.5. The molecular weight excluding hydrogens is 270 g/mol. The zero-order valence-corrected chi connectivity index (χ0v) is 12.0. The summed E-state index contributed by atoms with van der Waals surface area (Å²) in [6, 6.07) is 4.91. The third-order valence-corrected chi connectivity index (χ3v) is 2.90. The number of hydrogen-bond acceptors (Lipinski definition) is 5. The Morgan fingerprint density at radius 3 is 2.95 bits per heavy atom. The van der Waals surface area contributed by atoms with Gasteiger partial charge in [-0.05, 0) is 31.5 Å². The Morgan fingerprint density at radius 1 is 1.43 bits per heavy atom. The Bertz CT molecular complexity index is 582. The SMILES string of the molecule is CCOc1ccc(C(=O)OCCCn2ccnc2)cc1N. The highest BCUT2D eigenvalue weighted by Gasteiger charge is 2.10. The lowest BCUT2D eigenvalue weighted by molar-refractivity contribution is 0.0496. The fourth-order valence-electron chi connectivity index (χ4n) is 1.88. The van der Waals surface area contributed by atoms with Gasteiger partial charge in [0.2, 0.25) is 0 Å². The number of esters is 1. The molecule has 0 saturated heterocycles. The molecule has 0 amide bonds. The Hall–Kier alpha value is -2.50. The molecule has 1 heterocycles. The molecule has 0 aliphatic heterocycles. The average molecular weight is 289 g/mol. The Morgan fingerprint density at radius 2 is 2.29 bits per heavy atom. The van der Waals surface area contributed by atoms with Gasteiger partial charge in [0, 0.05) is 18.9 Å². The van der Waals surface area contributed by atoms with Gasteiger partial charge in [0.1, 0.15) is 5.75 Å². The van der Waals surface area contributed by atoms with Crippen molar-refractivity contribution in [2.75, 3.05) is 18.9 Å². The highest BCUT2D eigenvalue weighted by molar-refractivity contribution is 5.91. The number of aryl methyl sites for hydroxylation is 1. The molecule has 112 valence electrons. The van der Waals surface area contributed by atoms with Crippen molar-refractivity contribution in [2.24, 2.45) is 0 Å². The fourth-order valence-corrected chi connectivity index (χ4v) is 1.88. The first-order chi connectivity index (χ1) is 10.2. The highest BCUT2D eigenvalue weighted by Crippen LogP contribution is 2.22. The van der Waals surface area contributed by atoms with E-state index in [9.17, 15) is 4.79 Å². The number of carbonyl (C=O) groups excluding carboxylic acids is 1. The van der Waals surface area contributed by atoms with Crippen molar-refractivity contribution in [3.05, 3.63) is 42.5 Å². The van der Waals surface area contributed by atoms with Crippen LogP contribution in [0.25, 0.3) is 0 Å². The van der Waals surface area contributed by atoms with E-state index in [-0.39, 0.29) is 5.97 Å². The van der Waals surface area contributed by atoms with Gasteiger partial charge < -0.3 is 19.8 Å². The number of anilines is 1. The van der Waals surface area contributed by atoms with E-state index in [0.29, 0.717) is 30.2 Å². The van der Waals surface area contributed by atoms with E-state index in [1.54, 1.807) is 30.7 Å². The topological polar surface area (TPSA) is 79.4 Å². The molecule has 1 aromatic carbocycles. The number of hydrogen-bond donors (Lipinski definition) is 1. The maximum absolute atomic E-state index is 11.9. The minimum Gasteiger partial charge on any atom is -0.492 e. The van der Waals surface area contributed by atoms with Gasteiger partial charge in [-0.3, -0.25) is 0 Å². The summed E-state index contributed by atoms with van der Waals surface area (Å²) in [5, 5.41) is 0. The summed E-state index contributed by atoms with van der Waals surface area (Å²) in [6.07, 6.45) is 6.05. The molecule has 0 unspecified atom stereocenters. The summed E-state index contributed by atoms with van der Waals surface area (Å²) in [5.41, 5.74) is 6.69. The first-order valence-corrected chi connectivity index (χ1v) is 6.86. The minimum absolute atomic E-state index is 0.351. The first-order valence-electron chi connectivity index (χ1n) is 6.86. The number of nitrogens with zero attached hydrogens (tertiary/aromatic N) is 2. The van der Waals surface area contributed by atoms with Gasteiger partial charge in [0.25, 0.3) is 0 Å². The summed E-state index contributed by atoms with van der Waals surface area (Å²) in [6.45, 7) is 3.52. The van der Waals surface area contributed by atoms with Crippen molar-refractivity contribution in [2.45, 2.75) is 19.9 Å². The van der Waals surface area contributed by atoms with Crippen molar-refractivity contribution in [1.82, 2.24) is 9.55 Å². The van der Waals surface area contributed by atoms with Crippen LogP contribution >= 0.6 is 0 Å². The number of imidazole rings is 1. The summed E-state index contributed by atoms with van der Waals surface area (Å²) in [5.74, 6) is 0.199. The van der Waals surface area contributed by atoms with E-state index in [0.717, 1.165) is 13.0 Å². The van der Waals surface area contributed by atoms with E-state index in [1.165, 1.54) is 0 Å². The van der Waals surface area contributed by atoms with Crippen molar-refractivity contribution >= 4 is 11.7 Å². The molecule has 6 heteroatoms. The van der Waals surface area contributed by atoms with Crippen LogP contribution in [0, 0.1) is 0 Å². The lowest BCUT2D eigenvalue weighted by Crippen LogP contribution is -2.09. The molecule has 0 fully saturated rings. The molecule has 6 nitrogen and oxygen atoms in total. The lowest BCUT2D eigenvalue weighted by Gasteiger charge is -2.09. The molecule has 21 heavy (non-hydrogen) atoms. The second kappa shape index (κ2) is 7.33. The van der Waals surface area contributed by atoms with E-state index < -0.39 is 0 Å². The largest absolute Gasteiger partial charge is 0.492 e. The van der Waals surface area contributed by atoms with Crippen LogP contribution in [0.15, 0.2) is 36.9 Å². The molecule has 0 aliphatic rings. The van der Waals surface area contributed by atoms with E-state index in [2.05, 4.69) is 4.98 Å². The molecule has 0 bridgehead atoms. The van der Waals surface area contributed by atoms with Crippen LogP contribution in [-0.2, 0) is 11.3 Å². The lowest BCUT2D eigenvalue weighted by atomic mass is 10.2. The second-order valence-corrected chi connectivity index (χ2v) is 4.48. The smallest absolute Gasteiger partial charge is 0.338 e.